The van der Waals surface area contributed by atoms with E-state index in [0.717, 1.165) is 0 Å². The first-order chi connectivity index (χ1) is 7.39. The standard InChI is InChI=1S/C8H13Br2NO3S2/c9-7(10)4-14-8(15)11-3-6-1-2-16(12,13)5-6/h6-7H,1-5H2,(H,11,15)/t6-/m1/s1. The second kappa shape index (κ2) is 6.51. The van der Waals surface area contributed by atoms with Gasteiger partial charge in [0.15, 0.2) is 9.84 Å². The van der Waals surface area contributed by atoms with Crippen molar-refractivity contribution in [1.29, 1.82) is 0 Å². The summed E-state index contributed by atoms with van der Waals surface area (Å²) in [5.74, 6) is 0.690. The minimum atomic E-state index is -2.81. The zero-order chi connectivity index (χ0) is 12.2. The van der Waals surface area contributed by atoms with Crippen molar-refractivity contribution in [3.05, 3.63) is 0 Å². The first-order valence-electron chi connectivity index (χ1n) is 4.78. The quantitative estimate of drug-likeness (QED) is 0.577. The van der Waals surface area contributed by atoms with Gasteiger partial charge in [-0.05, 0) is 24.6 Å². The number of hydrogen-bond acceptors (Lipinski definition) is 4. The Morgan fingerprint density at radius 3 is 2.75 bits per heavy atom. The van der Waals surface area contributed by atoms with Crippen molar-refractivity contribution >= 4 is 59.1 Å². The van der Waals surface area contributed by atoms with Crippen molar-refractivity contribution in [2.45, 2.75) is 10.2 Å². The van der Waals surface area contributed by atoms with Crippen LogP contribution in [0.1, 0.15) is 6.42 Å². The summed E-state index contributed by atoms with van der Waals surface area (Å²) >= 11 is 11.5. The van der Waals surface area contributed by atoms with E-state index in [1.54, 1.807) is 0 Å². The van der Waals surface area contributed by atoms with Gasteiger partial charge in [0.1, 0.15) is 10.3 Å². The van der Waals surface area contributed by atoms with E-state index in [1.165, 1.54) is 0 Å². The van der Waals surface area contributed by atoms with E-state index < -0.39 is 9.84 Å². The largest absolute Gasteiger partial charge is 0.469 e. The Kier molecular flexibility index (Phi) is 5.97. The lowest BCUT2D eigenvalue weighted by Crippen LogP contribution is -2.31. The van der Waals surface area contributed by atoms with Crippen molar-refractivity contribution in [2.24, 2.45) is 5.92 Å². The molecule has 1 rings (SSSR count). The molecule has 0 aliphatic carbocycles. The highest BCUT2D eigenvalue weighted by Crippen LogP contribution is 2.17. The fourth-order valence-electron chi connectivity index (χ4n) is 1.45. The van der Waals surface area contributed by atoms with E-state index in [1.807, 2.05) is 0 Å². The Morgan fingerprint density at radius 2 is 2.25 bits per heavy atom. The number of sulfone groups is 1. The van der Waals surface area contributed by atoms with Gasteiger partial charge in [0.25, 0.3) is 5.17 Å². The molecule has 94 valence electrons. The van der Waals surface area contributed by atoms with Gasteiger partial charge in [-0.1, -0.05) is 31.9 Å². The highest BCUT2D eigenvalue weighted by molar-refractivity contribution is 9.24. The summed E-state index contributed by atoms with van der Waals surface area (Å²) in [7, 11) is -2.81. The Morgan fingerprint density at radius 1 is 1.56 bits per heavy atom. The fourth-order valence-corrected chi connectivity index (χ4v) is 3.73. The van der Waals surface area contributed by atoms with Crippen LogP contribution < -0.4 is 5.32 Å². The van der Waals surface area contributed by atoms with Crippen LogP contribution in [0.15, 0.2) is 0 Å². The maximum atomic E-state index is 11.2. The molecule has 1 aliphatic heterocycles. The van der Waals surface area contributed by atoms with Crippen LogP contribution in [-0.4, -0.2) is 42.0 Å². The minimum absolute atomic E-state index is 0.0617. The summed E-state index contributed by atoms with van der Waals surface area (Å²) in [5.41, 5.74) is 0. The van der Waals surface area contributed by atoms with Crippen LogP contribution >= 0.6 is 44.1 Å². The molecule has 8 heteroatoms. The van der Waals surface area contributed by atoms with Crippen molar-refractivity contribution in [2.75, 3.05) is 24.7 Å². The fraction of sp³-hybridized carbons (Fsp3) is 0.875. The maximum absolute atomic E-state index is 11.2. The number of rotatable bonds is 4. The highest BCUT2D eigenvalue weighted by Gasteiger charge is 2.27. The van der Waals surface area contributed by atoms with Crippen LogP contribution in [0.4, 0.5) is 0 Å². The summed E-state index contributed by atoms with van der Waals surface area (Å²) in [5, 5.41) is 3.23. The van der Waals surface area contributed by atoms with Gasteiger partial charge in [-0.25, -0.2) is 8.42 Å². The van der Waals surface area contributed by atoms with Gasteiger partial charge in [-0.15, -0.1) is 0 Å². The molecule has 1 aliphatic rings. The molecule has 0 bridgehead atoms. The lowest BCUT2D eigenvalue weighted by Gasteiger charge is -2.12. The average molecular weight is 395 g/mol. The number of nitrogens with one attached hydrogen (secondary N) is 1. The summed E-state index contributed by atoms with van der Waals surface area (Å²) in [6.07, 6.45) is 0.706. The van der Waals surface area contributed by atoms with Gasteiger partial charge in [-0.3, -0.25) is 0 Å². The minimum Gasteiger partial charge on any atom is -0.469 e. The Labute approximate surface area is 118 Å². The van der Waals surface area contributed by atoms with E-state index in [-0.39, 0.29) is 21.2 Å². The Hall–Kier alpha value is 0.600. The van der Waals surface area contributed by atoms with Gasteiger partial charge >= 0.3 is 0 Å². The Balaban J connectivity index is 2.18. The van der Waals surface area contributed by atoms with Crippen molar-refractivity contribution in [1.82, 2.24) is 5.32 Å². The van der Waals surface area contributed by atoms with Crippen LogP contribution in [0.25, 0.3) is 0 Å². The summed E-state index contributed by atoms with van der Waals surface area (Å²) < 4.78 is 27.6. The lowest BCUT2D eigenvalue weighted by molar-refractivity contribution is 0.317. The van der Waals surface area contributed by atoms with E-state index >= 15 is 0 Å². The predicted molar refractivity (Wildman–Crippen MR) is 75.0 cm³/mol. The smallest absolute Gasteiger partial charge is 0.256 e. The monoisotopic (exact) mass is 393 g/mol. The Bertz CT molecular complexity index is 345. The number of ether oxygens (including phenoxy) is 1. The average Bonchev–Trinajstić information content (AvgIpc) is 2.52. The molecule has 1 saturated heterocycles. The van der Waals surface area contributed by atoms with Crippen LogP contribution in [0.5, 0.6) is 0 Å². The third-order valence-electron chi connectivity index (χ3n) is 2.20. The molecule has 0 amide bonds. The zero-order valence-electron chi connectivity index (χ0n) is 8.49. The molecular weight excluding hydrogens is 382 g/mol. The molecule has 0 saturated carbocycles. The molecule has 1 fully saturated rings. The first-order valence-corrected chi connectivity index (χ1v) is 8.84. The van der Waals surface area contributed by atoms with Gasteiger partial charge in [-0.2, -0.15) is 0 Å². The van der Waals surface area contributed by atoms with Gasteiger partial charge in [0, 0.05) is 6.54 Å². The van der Waals surface area contributed by atoms with E-state index in [4.69, 9.17) is 17.0 Å². The molecule has 0 radical (unpaired) electrons. The topological polar surface area (TPSA) is 55.4 Å². The predicted octanol–water partition coefficient (Wildman–Crippen LogP) is 1.43. The SMILES string of the molecule is O=S1(=O)CC[C@H](CNC(=S)OCC(Br)Br)C1. The lowest BCUT2D eigenvalue weighted by atomic mass is 10.1. The summed E-state index contributed by atoms with van der Waals surface area (Å²) in [6, 6.07) is 0. The molecule has 1 atom stereocenters. The van der Waals surface area contributed by atoms with Crippen LogP contribution in [0, 0.1) is 5.92 Å². The third kappa shape index (κ3) is 5.79. The molecule has 0 spiro atoms. The van der Waals surface area contributed by atoms with E-state index in [2.05, 4.69) is 37.2 Å². The maximum Gasteiger partial charge on any atom is 0.256 e. The van der Waals surface area contributed by atoms with Crippen LogP contribution in [0.3, 0.4) is 0 Å². The molecular formula is C8H13Br2NO3S2. The molecule has 0 aromatic carbocycles. The molecule has 0 aromatic rings. The van der Waals surface area contributed by atoms with Crippen molar-refractivity contribution in [3.63, 3.8) is 0 Å². The molecule has 4 nitrogen and oxygen atoms in total. The number of alkyl halides is 2. The summed E-state index contributed by atoms with van der Waals surface area (Å²) in [6.45, 7) is 0.988. The highest BCUT2D eigenvalue weighted by atomic mass is 79.9. The van der Waals surface area contributed by atoms with Crippen LogP contribution in [0.2, 0.25) is 0 Å². The normalized spacial score (nSPS) is 23.3. The molecule has 16 heavy (non-hydrogen) atoms. The van der Waals surface area contributed by atoms with Crippen molar-refractivity contribution < 1.29 is 13.2 Å². The number of thiocarbonyl (C=S) groups is 1. The molecule has 0 aromatic heterocycles. The molecule has 1 heterocycles. The van der Waals surface area contributed by atoms with Gasteiger partial charge < -0.3 is 10.1 Å². The molecule has 0 unspecified atom stereocenters. The van der Waals surface area contributed by atoms with E-state index in [9.17, 15) is 8.42 Å². The van der Waals surface area contributed by atoms with E-state index in [0.29, 0.717) is 24.7 Å². The van der Waals surface area contributed by atoms with Crippen molar-refractivity contribution in [3.8, 4) is 0 Å². The molecule has 1 N–H and O–H groups in total. The third-order valence-corrected chi connectivity index (χ3v) is 4.83. The second-order valence-electron chi connectivity index (χ2n) is 3.64. The zero-order valence-corrected chi connectivity index (χ0v) is 13.3. The summed E-state index contributed by atoms with van der Waals surface area (Å²) in [4.78, 5) is 0. The second-order valence-corrected chi connectivity index (χ2v) is 9.68. The van der Waals surface area contributed by atoms with Gasteiger partial charge in [0.05, 0.1) is 11.5 Å². The van der Waals surface area contributed by atoms with Gasteiger partial charge in [0.2, 0.25) is 0 Å². The number of hydrogen-bond donors (Lipinski definition) is 1. The van der Waals surface area contributed by atoms with Crippen LogP contribution in [-0.2, 0) is 14.6 Å². The first kappa shape index (κ1) is 14.7. The number of halogens is 2.